The molecule has 1 amide bonds. The molecule has 0 bridgehead atoms. The predicted octanol–water partition coefficient (Wildman–Crippen LogP) is 2.46. The number of nitrogens with one attached hydrogen (secondary N) is 2. The highest BCUT2D eigenvalue weighted by atomic mass is 35.5. The molecule has 1 atom stereocenters. The van der Waals surface area contributed by atoms with Crippen LogP contribution in [0.2, 0.25) is 5.02 Å². The Balaban J connectivity index is 1.45. The van der Waals surface area contributed by atoms with Crippen LogP contribution in [0.5, 0.6) is 0 Å². The van der Waals surface area contributed by atoms with Crippen LogP contribution in [0.25, 0.3) is 0 Å². The summed E-state index contributed by atoms with van der Waals surface area (Å²) in [6.07, 6.45) is 5.83. The molecule has 0 unspecified atom stereocenters. The number of aliphatic hydroxyl groups excluding tert-OH is 1. The summed E-state index contributed by atoms with van der Waals surface area (Å²) in [7, 11) is -3.71. The molecule has 32 heavy (non-hydrogen) atoms. The summed E-state index contributed by atoms with van der Waals surface area (Å²) >= 11 is 5.84. The smallest absolute Gasteiger partial charge is 0.240 e. The average molecular weight is 481 g/mol. The van der Waals surface area contributed by atoms with Crippen molar-refractivity contribution < 1.29 is 18.3 Å². The molecule has 174 valence electrons. The average Bonchev–Trinajstić information content (AvgIpc) is 2.79. The van der Waals surface area contributed by atoms with Gasteiger partial charge < -0.3 is 15.3 Å². The van der Waals surface area contributed by atoms with Crippen LogP contribution in [0.3, 0.4) is 0 Å². The number of aromatic nitrogens is 1. The minimum atomic E-state index is -3.71. The molecule has 3 N–H and O–H groups in total. The van der Waals surface area contributed by atoms with Crippen LogP contribution in [0, 0.1) is 0 Å². The Morgan fingerprint density at radius 2 is 2.09 bits per heavy atom. The van der Waals surface area contributed by atoms with Crippen molar-refractivity contribution in [3.63, 3.8) is 0 Å². The summed E-state index contributed by atoms with van der Waals surface area (Å²) in [6.45, 7) is 1.39. The Morgan fingerprint density at radius 3 is 2.81 bits per heavy atom. The Hall–Kier alpha value is -2.20. The molecule has 0 radical (unpaired) electrons. The van der Waals surface area contributed by atoms with Gasteiger partial charge in [0.1, 0.15) is 5.82 Å². The van der Waals surface area contributed by atoms with Gasteiger partial charge in [-0.1, -0.05) is 23.7 Å². The first-order valence-corrected chi connectivity index (χ1v) is 12.6. The quantitative estimate of drug-likeness (QED) is 0.481. The monoisotopic (exact) mass is 480 g/mol. The number of carbonyl (C=O) groups excluding carboxylic acids is 1. The van der Waals surface area contributed by atoms with Crippen LogP contribution >= 0.6 is 11.6 Å². The molecular formula is C22H29ClN4O4S. The fourth-order valence-corrected chi connectivity index (χ4v) is 5.08. The van der Waals surface area contributed by atoms with Gasteiger partial charge in [0, 0.05) is 49.9 Å². The maximum absolute atomic E-state index is 12.2. The highest BCUT2D eigenvalue weighted by Gasteiger charge is 2.23. The Kier molecular flexibility index (Phi) is 8.86. The first-order valence-electron chi connectivity index (χ1n) is 10.7. The van der Waals surface area contributed by atoms with Crippen molar-refractivity contribution in [2.75, 3.05) is 24.6 Å². The topological polar surface area (TPSA) is 112 Å². The molecule has 0 aliphatic carbocycles. The summed E-state index contributed by atoms with van der Waals surface area (Å²) in [5.41, 5.74) is 0.859. The van der Waals surface area contributed by atoms with Crippen molar-refractivity contribution in [2.45, 2.75) is 49.6 Å². The second-order valence-corrected chi connectivity index (χ2v) is 9.97. The number of halogens is 1. The number of hydrogen-bond donors (Lipinski definition) is 3. The van der Waals surface area contributed by atoms with Crippen molar-refractivity contribution >= 4 is 33.3 Å². The Labute approximate surface area is 194 Å². The number of anilines is 1. The number of pyridine rings is 1. The summed E-state index contributed by atoms with van der Waals surface area (Å²) in [6, 6.07) is 10.1. The second-order valence-electron chi connectivity index (χ2n) is 7.76. The van der Waals surface area contributed by atoms with Crippen molar-refractivity contribution in [3.8, 4) is 0 Å². The molecule has 1 aliphatic heterocycles. The maximum atomic E-state index is 12.2. The second kappa shape index (κ2) is 11.6. The lowest BCUT2D eigenvalue weighted by Gasteiger charge is -2.36. The fraction of sp³-hybridized carbons (Fsp3) is 0.455. The number of sulfonamides is 1. The molecule has 1 aromatic carbocycles. The minimum absolute atomic E-state index is 0.0148. The molecule has 8 nitrogen and oxygen atoms in total. The van der Waals surface area contributed by atoms with Gasteiger partial charge in [-0.2, -0.15) is 0 Å². The lowest BCUT2D eigenvalue weighted by Crippen LogP contribution is -2.40. The number of carbonyl (C=O) groups is 1. The fourth-order valence-electron chi connectivity index (χ4n) is 3.75. The molecule has 0 spiro atoms. The number of nitrogens with zero attached hydrogens (tertiary/aromatic N) is 2. The van der Waals surface area contributed by atoms with Crippen molar-refractivity contribution in [3.05, 3.63) is 53.2 Å². The lowest BCUT2D eigenvalue weighted by molar-refractivity contribution is -0.121. The van der Waals surface area contributed by atoms with Gasteiger partial charge in [0.15, 0.2) is 0 Å². The van der Waals surface area contributed by atoms with Gasteiger partial charge in [-0.05, 0) is 55.5 Å². The molecule has 3 rings (SSSR count). The zero-order valence-corrected chi connectivity index (χ0v) is 19.4. The van der Waals surface area contributed by atoms with Crippen molar-refractivity contribution in [2.24, 2.45) is 0 Å². The van der Waals surface area contributed by atoms with E-state index in [0.717, 1.165) is 37.2 Å². The predicted molar refractivity (Wildman–Crippen MR) is 124 cm³/mol. The molecule has 0 saturated carbocycles. The zero-order valence-electron chi connectivity index (χ0n) is 17.8. The van der Waals surface area contributed by atoms with E-state index in [9.17, 15) is 18.3 Å². The first kappa shape index (κ1) is 24.4. The number of amides is 1. The Bertz CT molecular complexity index is 999. The summed E-state index contributed by atoms with van der Waals surface area (Å²) in [5.74, 6) is 0.621. The number of hydrogen-bond acceptors (Lipinski definition) is 6. The van der Waals surface area contributed by atoms with Gasteiger partial charge in [0.25, 0.3) is 0 Å². The normalized spacial score (nSPS) is 16.7. The van der Waals surface area contributed by atoms with Crippen LogP contribution in [0.4, 0.5) is 5.82 Å². The summed E-state index contributed by atoms with van der Waals surface area (Å²) in [4.78, 5) is 18.9. The highest BCUT2D eigenvalue weighted by molar-refractivity contribution is 7.89. The third kappa shape index (κ3) is 6.90. The zero-order chi connectivity index (χ0) is 23.0. The maximum Gasteiger partial charge on any atom is 0.240 e. The molecule has 2 heterocycles. The van der Waals surface area contributed by atoms with E-state index in [1.54, 1.807) is 18.3 Å². The molecule has 1 aliphatic rings. The number of benzene rings is 1. The summed E-state index contributed by atoms with van der Waals surface area (Å²) in [5, 5.41) is 12.4. The standard InChI is InChI=1S/C22H29ClN4O4S/c23-18-4-3-6-20(14-18)32(30,31)26-11-9-22(29)25-16-17-7-8-21(24-15-17)27-12-2-1-5-19(27)10-13-28/h3-4,6-8,14-15,19,26,28H,1-2,5,9-13,16H2,(H,25,29)/t19-/m1/s1. The van der Waals surface area contributed by atoms with E-state index in [2.05, 4.69) is 19.9 Å². The van der Waals surface area contributed by atoms with Gasteiger partial charge >= 0.3 is 0 Å². The van der Waals surface area contributed by atoms with Gasteiger partial charge in [-0.25, -0.2) is 18.1 Å². The molecule has 10 heteroatoms. The Morgan fingerprint density at radius 1 is 1.25 bits per heavy atom. The highest BCUT2D eigenvalue weighted by Crippen LogP contribution is 2.25. The van der Waals surface area contributed by atoms with E-state index < -0.39 is 10.0 Å². The minimum Gasteiger partial charge on any atom is -0.396 e. The number of piperidine rings is 1. The van der Waals surface area contributed by atoms with Crippen molar-refractivity contribution in [1.29, 1.82) is 0 Å². The first-order chi connectivity index (χ1) is 15.4. The van der Waals surface area contributed by atoms with Gasteiger partial charge in [0.2, 0.25) is 15.9 Å². The van der Waals surface area contributed by atoms with E-state index in [1.165, 1.54) is 18.6 Å². The van der Waals surface area contributed by atoms with E-state index >= 15 is 0 Å². The molecule has 1 fully saturated rings. The van der Waals surface area contributed by atoms with E-state index in [4.69, 9.17) is 11.6 Å². The van der Waals surface area contributed by atoms with E-state index in [1.807, 2.05) is 12.1 Å². The molecule has 2 aromatic rings. The van der Waals surface area contributed by atoms with Gasteiger partial charge in [-0.3, -0.25) is 4.79 Å². The summed E-state index contributed by atoms with van der Waals surface area (Å²) < 4.78 is 26.9. The van der Waals surface area contributed by atoms with Crippen LogP contribution in [0.15, 0.2) is 47.5 Å². The van der Waals surface area contributed by atoms with Crippen molar-refractivity contribution in [1.82, 2.24) is 15.0 Å². The van der Waals surface area contributed by atoms with Crippen LogP contribution in [0.1, 0.15) is 37.7 Å². The van der Waals surface area contributed by atoms with Crippen LogP contribution < -0.4 is 14.9 Å². The lowest BCUT2D eigenvalue weighted by atomic mass is 9.99. The third-order valence-corrected chi connectivity index (χ3v) is 7.13. The SMILES string of the molecule is O=C(CCNS(=O)(=O)c1cccc(Cl)c1)NCc1ccc(N2CCCC[C@@H]2CCO)nc1. The van der Waals surface area contributed by atoms with E-state index in [0.29, 0.717) is 17.6 Å². The number of rotatable bonds is 10. The van der Waals surface area contributed by atoms with Crippen LogP contribution in [-0.4, -0.2) is 50.2 Å². The van der Waals surface area contributed by atoms with Gasteiger partial charge in [-0.15, -0.1) is 0 Å². The molecular weight excluding hydrogens is 452 g/mol. The number of aliphatic hydroxyl groups is 1. The van der Waals surface area contributed by atoms with Crippen LogP contribution in [-0.2, 0) is 21.4 Å². The largest absolute Gasteiger partial charge is 0.396 e. The molecule has 1 aromatic heterocycles. The van der Waals surface area contributed by atoms with E-state index in [-0.39, 0.29) is 30.4 Å². The third-order valence-electron chi connectivity index (χ3n) is 5.43. The van der Waals surface area contributed by atoms with Gasteiger partial charge in [0.05, 0.1) is 4.90 Å². The molecule has 1 saturated heterocycles.